The molecule has 6 nitrogen and oxygen atoms in total. The van der Waals surface area contributed by atoms with Crippen molar-refractivity contribution in [2.45, 2.75) is 81.5 Å². The summed E-state index contributed by atoms with van der Waals surface area (Å²) in [5.74, 6) is 0.433. The smallest absolute Gasteiger partial charge is 0.337 e. The zero-order chi connectivity index (χ0) is 36.3. The Labute approximate surface area is 306 Å². The fourth-order valence-corrected chi connectivity index (χ4v) is 9.56. The van der Waals surface area contributed by atoms with Crippen molar-refractivity contribution in [3.63, 3.8) is 0 Å². The van der Waals surface area contributed by atoms with Crippen LogP contribution in [0.3, 0.4) is 0 Å². The van der Waals surface area contributed by atoms with Crippen molar-refractivity contribution in [3.8, 4) is 0 Å². The molecule has 4 aromatic rings. The topological polar surface area (TPSA) is 86.7 Å². The number of allylic oxidation sites excluding steroid dienone is 2. The molecule has 0 N–H and O–H groups in total. The van der Waals surface area contributed by atoms with E-state index in [1.807, 2.05) is 42.5 Å². The van der Waals surface area contributed by atoms with Gasteiger partial charge in [0.05, 0.1) is 25.3 Å². The zero-order valence-electron chi connectivity index (χ0n) is 30.1. The fraction of sp³-hybridized carbons (Fsp3) is 0.348. The summed E-state index contributed by atoms with van der Waals surface area (Å²) < 4.78 is 9.76. The van der Waals surface area contributed by atoms with Gasteiger partial charge in [-0.3, -0.25) is 9.59 Å². The Morgan fingerprint density at radius 1 is 0.654 bits per heavy atom. The molecule has 266 valence electrons. The maximum Gasteiger partial charge on any atom is 0.337 e. The molecular weight excluding hydrogens is 649 g/mol. The molecule has 6 heteroatoms. The molecule has 1 fully saturated rings. The van der Waals surface area contributed by atoms with E-state index in [0.717, 1.165) is 51.4 Å². The number of methoxy groups -OCH3 is 2. The predicted octanol–water partition coefficient (Wildman–Crippen LogP) is 8.46. The third kappa shape index (κ3) is 6.79. The summed E-state index contributed by atoms with van der Waals surface area (Å²) in [4.78, 5) is 48.1. The number of esters is 2. The number of ketones is 2. The Morgan fingerprint density at radius 2 is 1.25 bits per heavy atom. The molecule has 4 aliphatic carbocycles. The SMILES string of the molecule is COC(=O)c1ccc2c(c1)CCC1=CC(=O)CC[C@]12Cc1ccccc1.COC(=O)c1ccc2c(c1)CC[C@H]1CC(=O)CC[C@@]21Cc1ccccc1. The van der Waals surface area contributed by atoms with Gasteiger partial charge in [-0.25, -0.2) is 9.59 Å². The Kier molecular flexibility index (Phi) is 10.1. The number of rotatable bonds is 6. The van der Waals surface area contributed by atoms with Crippen molar-refractivity contribution in [1.82, 2.24) is 0 Å². The summed E-state index contributed by atoms with van der Waals surface area (Å²) in [5, 5.41) is 0. The van der Waals surface area contributed by atoms with Crippen LogP contribution < -0.4 is 0 Å². The number of aryl methyl sites for hydroxylation is 2. The molecule has 0 spiro atoms. The highest BCUT2D eigenvalue weighted by Gasteiger charge is 2.47. The van der Waals surface area contributed by atoms with Gasteiger partial charge in [0, 0.05) is 30.1 Å². The molecule has 0 aliphatic heterocycles. The Hall–Kier alpha value is -5.10. The van der Waals surface area contributed by atoms with Gasteiger partial charge in [0.15, 0.2) is 5.78 Å². The number of benzene rings is 4. The van der Waals surface area contributed by atoms with Crippen LogP contribution in [0, 0.1) is 5.92 Å². The Bertz CT molecular complexity index is 2030. The van der Waals surface area contributed by atoms with Crippen LogP contribution in [-0.4, -0.2) is 37.7 Å². The Morgan fingerprint density at radius 3 is 1.88 bits per heavy atom. The second-order valence-electron chi connectivity index (χ2n) is 14.9. The lowest BCUT2D eigenvalue weighted by Gasteiger charge is -2.48. The minimum absolute atomic E-state index is 0.00248. The molecule has 3 atom stereocenters. The second-order valence-corrected chi connectivity index (χ2v) is 14.9. The normalized spacial score (nSPS) is 23.0. The van der Waals surface area contributed by atoms with E-state index in [0.29, 0.717) is 42.1 Å². The van der Waals surface area contributed by atoms with E-state index in [1.54, 1.807) is 0 Å². The zero-order valence-corrected chi connectivity index (χ0v) is 30.1. The number of hydrogen-bond donors (Lipinski definition) is 0. The van der Waals surface area contributed by atoms with E-state index in [9.17, 15) is 19.2 Å². The van der Waals surface area contributed by atoms with Crippen LogP contribution in [-0.2, 0) is 55.6 Å². The van der Waals surface area contributed by atoms with Crippen LogP contribution >= 0.6 is 0 Å². The average molecular weight is 695 g/mol. The highest BCUT2D eigenvalue weighted by atomic mass is 16.5. The van der Waals surface area contributed by atoms with Gasteiger partial charge in [0.1, 0.15) is 5.78 Å². The van der Waals surface area contributed by atoms with Gasteiger partial charge in [-0.2, -0.15) is 0 Å². The monoisotopic (exact) mass is 694 g/mol. The third-order valence-electron chi connectivity index (χ3n) is 12.1. The minimum Gasteiger partial charge on any atom is -0.465 e. The third-order valence-corrected chi connectivity index (χ3v) is 12.1. The molecule has 0 amide bonds. The highest BCUT2D eigenvalue weighted by molar-refractivity contribution is 5.93. The van der Waals surface area contributed by atoms with Crippen molar-refractivity contribution >= 4 is 23.5 Å². The van der Waals surface area contributed by atoms with Gasteiger partial charge < -0.3 is 9.47 Å². The number of hydrogen-bond acceptors (Lipinski definition) is 6. The lowest BCUT2D eigenvalue weighted by atomic mass is 9.55. The maximum absolute atomic E-state index is 12.1. The van der Waals surface area contributed by atoms with Gasteiger partial charge >= 0.3 is 11.9 Å². The highest BCUT2D eigenvalue weighted by Crippen LogP contribution is 2.52. The Balaban J connectivity index is 0.000000162. The van der Waals surface area contributed by atoms with Crippen molar-refractivity contribution in [1.29, 1.82) is 0 Å². The summed E-state index contributed by atoms with van der Waals surface area (Å²) >= 11 is 0. The summed E-state index contributed by atoms with van der Waals surface area (Å²) in [7, 11) is 2.83. The molecule has 0 radical (unpaired) electrons. The molecule has 1 saturated carbocycles. The molecule has 0 heterocycles. The van der Waals surface area contributed by atoms with Crippen LogP contribution in [0.5, 0.6) is 0 Å². The fourth-order valence-electron chi connectivity index (χ4n) is 9.56. The standard InChI is InChI=1S/C23H24O3.C23H22O3/c2*1-26-22(25)18-8-10-21-17(13-18)7-9-19-14-20(24)11-12-23(19,21)15-16-5-3-2-4-6-16/h2-6,8,10,13,19H,7,9,11-12,14-15H2,1H3;2-6,8,10,13-14H,7,9,11-12,15H2,1H3/t19-,23-;23-/m00/s1. The first kappa shape index (κ1) is 35.3. The molecule has 4 aliphatic rings. The molecule has 0 unspecified atom stereocenters. The van der Waals surface area contributed by atoms with Crippen LogP contribution in [0.15, 0.2) is 109 Å². The minimum atomic E-state index is -0.301. The van der Waals surface area contributed by atoms with Gasteiger partial charge in [0.25, 0.3) is 0 Å². The lowest BCUT2D eigenvalue weighted by molar-refractivity contribution is -0.123. The largest absolute Gasteiger partial charge is 0.465 e. The van der Waals surface area contributed by atoms with Crippen molar-refractivity contribution < 1.29 is 28.7 Å². The van der Waals surface area contributed by atoms with E-state index in [4.69, 9.17) is 9.47 Å². The quantitative estimate of drug-likeness (QED) is 0.188. The van der Waals surface area contributed by atoms with Crippen molar-refractivity contribution in [2.75, 3.05) is 14.2 Å². The van der Waals surface area contributed by atoms with E-state index >= 15 is 0 Å². The van der Waals surface area contributed by atoms with Gasteiger partial charge in [-0.1, -0.05) is 78.4 Å². The molecule has 0 saturated heterocycles. The predicted molar refractivity (Wildman–Crippen MR) is 201 cm³/mol. The molecule has 4 aromatic carbocycles. The molecule has 8 rings (SSSR count). The lowest BCUT2D eigenvalue weighted by Crippen LogP contribution is -2.46. The van der Waals surface area contributed by atoms with Gasteiger partial charge in [-0.05, 0) is 121 Å². The van der Waals surface area contributed by atoms with Crippen molar-refractivity contribution in [2.24, 2.45) is 5.92 Å². The van der Waals surface area contributed by atoms with Crippen LogP contribution in [0.25, 0.3) is 0 Å². The van der Waals surface area contributed by atoms with E-state index < -0.39 is 0 Å². The maximum atomic E-state index is 12.1. The van der Waals surface area contributed by atoms with Crippen molar-refractivity contribution in [3.05, 3.63) is 153 Å². The second kappa shape index (κ2) is 14.9. The number of carbonyl (C=O) groups is 4. The molecule has 0 bridgehead atoms. The number of Topliss-reactive ketones (excluding diaryl/α,β-unsaturated/α-hetero) is 1. The first-order valence-electron chi connectivity index (χ1n) is 18.5. The summed E-state index contributed by atoms with van der Waals surface area (Å²) in [6, 6.07) is 32.9. The average Bonchev–Trinajstić information content (AvgIpc) is 3.18. The van der Waals surface area contributed by atoms with Crippen LogP contribution in [0.2, 0.25) is 0 Å². The number of carbonyl (C=O) groups excluding carboxylic acids is 4. The first-order chi connectivity index (χ1) is 25.2. The summed E-state index contributed by atoms with van der Waals surface area (Å²) in [5.41, 5.74) is 9.95. The first-order valence-corrected chi connectivity index (χ1v) is 18.5. The van der Waals surface area contributed by atoms with Gasteiger partial charge in [0.2, 0.25) is 0 Å². The van der Waals surface area contributed by atoms with Gasteiger partial charge in [-0.15, -0.1) is 0 Å². The molecular formula is C46H46O6. The number of ether oxygens (including phenoxy) is 2. The molecule has 52 heavy (non-hydrogen) atoms. The number of fused-ring (bicyclic) bond motifs is 6. The summed E-state index contributed by atoms with van der Waals surface area (Å²) in [6.45, 7) is 0. The summed E-state index contributed by atoms with van der Waals surface area (Å²) in [6.07, 6.45) is 11.0. The van der Waals surface area contributed by atoms with E-state index in [-0.39, 0.29) is 28.6 Å². The molecule has 0 aromatic heterocycles. The van der Waals surface area contributed by atoms with Crippen LogP contribution in [0.1, 0.15) is 99.0 Å². The van der Waals surface area contributed by atoms with Crippen LogP contribution in [0.4, 0.5) is 0 Å². The van der Waals surface area contributed by atoms with E-state index in [2.05, 4.69) is 60.7 Å². The van der Waals surface area contributed by atoms with E-state index in [1.165, 1.54) is 53.2 Å².